The van der Waals surface area contributed by atoms with E-state index < -0.39 is 28.6 Å². The van der Waals surface area contributed by atoms with Gasteiger partial charge < -0.3 is 4.42 Å². The predicted molar refractivity (Wildman–Crippen MR) is 73.0 cm³/mol. The molecule has 0 bridgehead atoms. The molecule has 3 aromatic rings. The van der Waals surface area contributed by atoms with Crippen molar-refractivity contribution in [2.45, 2.75) is 0 Å². The zero-order chi connectivity index (χ0) is 15.1. The second kappa shape index (κ2) is 4.82. The molecule has 7 heteroatoms. The molecule has 0 atom stereocenters. The minimum atomic E-state index is -1.07. The molecule has 0 fully saturated rings. The number of nitrogens with zero attached hydrogens (tertiary/aromatic N) is 1. The Bertz CT molecular complexity index is 978. The van der Waals surface area contributed by atoms with Gasteiger partial charge >= 0.3 is 5.76 Å². The van der Waals surface area contributed by atoms with E-state index in [0.29, 0.717) is 10.6 Å². The summed E-state index contributed by atoms with van der Waals surface area (Å²) in [6.07, 6.45) is 0. The van der Waals surface area contributed by atoms with Gasteiger partial charge in [-0.1, -0.05) is 11.6 Å². The summed E-state index contributed by atoms with van der Waals surface area (Å²) in [6.45, 7) is 0. The third-order valence-corrected chi connectivity index (χ3v) is 3.14. The van der Waals surface area contributed by atoms with E-state index in [-0.39, 0.29) is 16.0 Å². The second-order valence-corrected chi connectivity index (χ2v) is 4.68. The van der Waals surface area contributed by atoms with Crippen LogP contribution in [0.25, 0.3) is 16.7 Å². The standard InChI is InChI=1S/C14H6ClF2NO3/c15-7-1-4-12-9(5-7)13(19)18(14(20)21-12)11-3-2-8(16)6-10(11)17/h1-6H. The number of hydrogen-bond acceptors (Lipinski definition) is 3. The normalized spacial score (nSPS) is 11.0. The molecule has 3 rings (SSSR count). The Morgan fingerprint density at radius 3 is 2.52 bits per heavy atom. The molecule has 0 amide bonds. The summed E-state index contributed by atoms with van der Waals surface area (Å²) >= 11 is 5.79. The van der Waals surface area contributed by atoms with Crippen molar-refractivity contribution in [1.82, 2.24) is 4.57 Å². The highest BCUT2D eigenvalue weighted by Crippen LogP contribution is 2.17. The van der Waals surface area contributed by atoms with Gasteiger partial charge in [0.25, 0.3) is 5.56 Å². The van der Waals surface area contributed by atoms with E-state index in [1.807, 2.05) is 0 Å². The summed E-state index contributed by atoms with van der Waals surface area (Å²) in [7, 11) is 0. The van der Waals surface area contributed by atoms with Crippen molar-refractivity contribution in [3.05, 3.63) is 74.0 Å². The van der Waals surface area contributed by atoms with Gasteiger partial charge in [0, 0.05) is 11.1 Å². The molecule has 21 heavy (non-hydrogen) atoms. The Balaban J connectivity index is 2.43. The Labute approximate surface area is 120 Å². The fourth-order valence-corrected chi connectivity index (χ4v) is 2.14. The lowest BCUT2D eigenvalue weighted by Gasteiger charge is -2.06. The van der Waals surface area contributed by atoms with E-state index >= 15 is 0 Å². The van der Waals surface area contributed by atoms with Crippen molar-refractivity contribution < 1.29 is 13.2 Å². The summed E-state index contributed by atoms with van der Waals surface area (Å²) in [5.74, 6) is -2.94. The number of halogens is 3. The molecule has 0 N–H and O–H groups in total. The van der Waals surface area contributed by atoms with Crippen molar-refractivity contribution in [2.75, 3.05) is 0 Å². The fourth-order valence-electron chi connectivity index (χ4n) is 1.97. The zero-order valence-electron chi connectivity index (χ0n) is 10.3. The third-order valence-electron chi connectivity index (χ3n) is 2.91. The van der Waals surface area contributed by atoms with E-state index in [0.717, 1.165) is 12.1 Å². The molecule has 0 saturated carbocycles. The van der Waals surface area contributed by atoms with E-state index in [1.54, 1.807) is 0 Å². The molecule has 4 nitrogen and oxygen atoms in total. The molecule has 106 valence electrons. The van der Waals surface area contributed by atoms with Crippen molar-refractivity contribution in [1.29, 1.82) is 0 Å². The highest BCUT2D eigenvalue weighted by Gasteiger charge is 2.15. The summed E-state index contributed by atoms with van der Waals surface area (Å²) in [5.41, 5.74) is -1.15. The van der Waals surface area contributed by atoms with Gasteiger partial charge in [-0.2, -0.15) is 0 Å². The van der Waals surface area contributed by atoms with Gasteiger partial charge in [-0.05, 0) is 30.3 Å². The lowest BCUT2D eigenvalue weighted by molar-refractivity contribution is 0.494. The third kappa shape index (κ3) is 2.23. The maximum Gasteiger partial charge on any atom is 0.427 e. The summed E-state index contributed by atoms with van der Waals surface area (Å²) < 4.78 is 32.1. The highest BCUT2D eigenvalue weighted by molar-refractivity contribution is 6.31. The average Bonchev–Trinajstić information content (AvgIpc) is 2.42. The molecule has 1 aromatic heterocycles. The minimum Gasteiger partial charge on any atom is -0.409 e. The largest absolute Gasteiger partial charge is 0.427 e. The maximum absolute atomic E-state index is 13.8. The molecule has 2 aromatic carbocycles. The van der Waals surface area contributed by atoms with Crippen LogP contribution in [0.3, 0.4) is 0 Å². The molecule has 0 spiro atoms. The lowest BCUT2D eigenvalue weighted by atomic mass is 10.2. The van der Waals surface area contributed by atoms with E-state index in [1.165, 1.54) is 18.2 Å². The Hall–Kier alpha value is -2.47. The first kappa shape index (κ1) is 13.5. The van der Waals surface area contributed by atoms with Crippen molar-refractivity contribution in [3.8, 4) is 5.69 Å². The monoisotopic (exact) mass is 309 g/mol. The molecular weight excluding hydrogens is 304 g/mol. The van der Waals surface area contributed by atoms with Crippen LogP contribution in [0.2, 0.25) is 5.02 Å². The number of hydrogen-bond donors (Lipinski definition) is 0. The van der Waals surface area contributed by atoms with Gasteiger partial charge in [-0.15, -0.1) is 0 Å². The van der Waals surface area contributed by atoms with Gasteiger partial charge in [0.15, 0.2) is 0 Å². The Morgan fingerprint density at radius 2 is 1.81 bits per heavy atom. The van der Waals surface area contributed by atoms with Crippen molar-refractivity contribution in [3.63, 3.8) is 0 Å². The van der Waals surface area contributed by atoms with Crippen LogP contribution in [-0.2, 0) is 0 Å². The number of aromatic nitrogens is 1. The summed E-state index contributed by atoms with van der Waals surface area (Å²) in [6, 6.07) is 6.62. The molecule has 0 aliphatic rings. The van der Waals surface area contributed by atoms with Crippen LogP contribution >= 0.6 is 11.6 Å². The second-order valence-electron chi connectivity index (χ2n) is 4.24. The Morgan fingerprint density at radius 1 is 1.05 bits per heavy atom. The number of rotatable bonds is 1. The lowest BCUT2D eigenvalue weighted by Crippen LogP contribution is -2.31. The minimum absolute atomic E-state index is 0.0193. The first-order chi connectivity index (χ1) is 9.97. The maximum atomic E-state index is 13.8. The van der Waals surface area contributed by atoms with Crippen LogP contribution in [-0.4, -0.2) is 4.57 Å². The zero-order valence-corrected chi connectivity index (χ0v) is 11.0. The molecule has 0 unspecified atom stereocenters. The topological polar surface area (TPSA) is 52.2 Å². The molecule has 0 saturated heterocycles. The van der Waals surface area contributed by atoms with Crippen molar-refractivity contribution >= 4 is 22.6 Å². The first-order valence-electron chi connectivity index (χ1n) is 5.78. The van der Waals surface area contributed by atoms with Gasteiger partial charge in [-0.25, -0.2) is 18.1 Å². The van der Waals surface area contributed by atoms with Crippen LogP contribution in [0.4, 0.5) is 8.78 Å². The smallest absolute Gasteiger partial charge is 0.409 e. The van der Waals surface area contributed by atoms with Gasteiger partial charge in [0.05, 0.1) is 11.1 Å². The molecular formula is C14H6ClF2NO3. The first-order valence-corrected chi connectivity index (χ1v) is 6.16. The summed E-state index contributed by atoms with van der Waals surface area (Å²) in [5, 5.41) is 0.283. The highest BCUT2D eigenvalue weighted by atomic mass is 35.5. The van der Waals surface area contributed by atoms with Crippen LogP contribution in [0, 0.1) is 11.6 Å². The summed E-state index contributed by atoms with van der Waals surface area (Å²) in [4.78, 5) is 24.2. The quantitative estimate of drug-likeness (QED) is 0.694. The predicted octanol–water partition coefficient (Wildman–Crippen LogP) is 2.88. The van der Waals surface area contributed by atoms with Crippen LogP contribution in [0.5, 0.6) is 0 Å². The number of fused-ring (bicyclic) bond motifs is 1. The fraction of sp³-hybridized carbons (Fsp3) is 0. The molecule has 1 heterocycles. The molecule has 0 radical (unpaired) electrons. The molecule has 0 aliphatic carbocycles. The van der Waals surface area contributed by atoms with Crippen LogP contribution < -0.4 is 11.3 Å². The van der Waals surface area contributed by atoms with Gasteiger partial charge in [-0.3, -0.25) is 4.79 Å². The average molecular weight is 310 g/mol. The molecule has 0 aliphatic heterocycles. The number of benzene rings is 2. The SMILES string of the molecule is O=c1oc2ccc(Cl)cc2c(=O)n1-c1ccc(F)cc1F. The van der Waals surface area contributed by atoms with E-state index in [9.17, 15) is 18.4 Å². The van der Waals surface area contributed by atoms with Gasteiger partial charge in [0.2, 0.25) is 0 Å². The van der Waals surface area contributed by atoms with E-state index in [2.05, 4.69) is 0 Å². The van der Waals surface area contributed by atoms with Crippen LogP contribution in [0.15, 0.2) is 50.4 Å². The van der Waals surface area contributed by atoms with Crippen LogP contribution in [0.1, 0.15) is 0 Å². The van der Waals surface area contributed by atoms with Gasteiger partial charge in [0.1, 0.15) is 17.2 Å². The Kier molecular flexibility index (Phi) is 3.10. The van der Waals surface area contributed by atoms with Crippen molar-refractivity contribution in [2.24, 2.45) is 0 Å². The van der Waals surface area contributed by atoms with E-state index in [4.69, 9.17) is 16.0 Å².